The number of fused-ring (bicyclic) bond motifs is 2. The van der Waals surface area contributed by atoms with Crippen LogP contribution in [0.2, 0.25) is 18.1 Å². The monoisotopic (exact) mass is 781 g/mol. The largest absolute Gasteiger partial charge is 0.474 e. The summed E-state index contributed by atoms with van der Waals surface area (Å²) in [5.41, 5.74) is -0.559. The van der Waals surface area contributed by atoms with Crippen molar-refractivity contribution in [2.45, 2.75) is 131 Å². The van der Waals surface area contributed by atoms with Crippen molar-refractivity contribution in [2.75, 3.05) is 28.7 Å². The Morgan fingerprint density at radius 1 is 0.927 bits per heavy atom. The smallest absolute Gasteiger partial charge is 0.415 e. The molecule has 13 nitrogen and oxygen atoms in total. The Labute approximate surface area is 324 Å². The summed E-state index contributed by atoms with van der Waals surface area (Å²) in [7, 11) is -1.93. The summed E-state index contributed by atoms with van der Waals surface area (Å²) in [6.07, 6.45) is 1.88. The quantitative estimate of drug-likeness (QED) is 0.175. The van der Waals surface area contributed by atoms with Gasteiger partial charge in [-0.05, 0) is 115 Å². The summed E-state index contributed by atoms with van der Waals surface area (Å²) >= 11 is 0. The van der Waals surface area contributed by atoms with Gasteiger partial charge in [-0.1, -0.05) is 20.8 Å². The number of nitrogens with zero attached hydrogens (tertiary/aromatic N) is 3. The number of benzene rings is 1. The second-order valence-corrected chi connectivity index (χ2v) is 22.7. The third-order valence-electron chi connectivity index (χ3n) is 10.2. The van der Waals surface area contributed by atoms with Gasteiger partial charge in [-0.15, -0.1) is 0 Å². The molecule has 15 heteroatoms. The van der Waals surface area contributed by atoms with Crippen molar-refractivity contribution >= 4 is 54.6 Å². The van der Waals surface area contributed by atoms with Crippen LogP contribution in [0.3, 0.4) is 0 Å². The maximum atomic E-state index is 16.7. The van der Waals surface area contributed by atoms with Gasteiger partial charge in [-0.3, -0.25) is 15.5 Å². The molecule has 1 aliphatic carbocycles. The first kappa shape index (κ1) is 41.7. The molecule has 1 saturated carbocycles. The molecular weight excluding hydrogens is 726 g/mol. The molecule has 1 unspecified atom stereocenters. The van der Waals surface area contributed by atoms with Gasteiger partial charge in [0, 0.05) is 35.0 Å². The van der Waals surface area contributed by atoms with E-state index in [1.807, 2.05) is 0 Å². The van der Waals surface area contributed by atoms with Gasteiger partial charge in [0.1, 0.15) is 35.4 Å². The van der Waals surface area contributed by atoms with Crippen molar-refractivity contribution in [2.24, 2.45) is 5.92 Å². The van der Waals surface area contributed by atoms with Crippen molar-refractivity contribution in [1.82, 2.24) is 9.97 Å². The molecule has 2 N–H and O–H groups in total. The standard InChI is InChI=1S/C40H56FN5O8Si/c1-22-28(20-43-34-33(22)46(14-15-50-34)37(49)53-39(6,7)8)27-18-25-19-30(42-21-29(25)32(31(27)41)45-36(48)52-38(3,4)5)44-35(47)51-26-16-24(17-26)23(2)54-55(12,13)40(9,10)11/h18-21,23-24,26H,14-17H2,1-13H3,(H,45,48)(H,42,44,47). The van der Waals surface area contributed by atoms with Gasteiger partial charge in [0.05, 0.1) is 12.2 Å². The van der Waals surface area contributed by atoms with Gasteiger partial charge in [-0.2, -0.15) is 0 Å². The molecule has 3 amide bonds. The second kappa shape index (κ2) is 15.2. The number of carbonyl (C=O) groups excluding carboxylic acids is 3. The van der Waals surface area contributed by atoms with E-state index in [1.54, 1.807) is 60.6 Å². The van der Waals surface area contributed by atoms with E-state index in [4.69, 9.17) is 23.4 Å². The number of hydrogen-bond acceptors (Lipinski definition) is 10. The van der Waals surface area contributed by atoms with Crippen molar-refractivity contribution < 1.29 is 42.1 Å². The van der Waals surface area contributed by atoms with Gasteiger partial charge in [0.15, 0.2) is 14.1 Å². The van der Waals surface area contributed by atoms with E-state index in [-0.39, 0.29) is 58.7 Å². The summed E-state index contributed by atoms with van der Waals surface area (Å²) in [6.45, 7) is 25.7. The van der Waals surface area contributed by atoms with Gasteiger partial charge in [0.2, 0.25) is 5.88 Å². The number of pyridine rings is 2. The minimum absolute atomic E-state index is 0.0610. The van der Waals surface area contributed by atoms with E-state index >= 15 is 4.39 Å². The summed E-state index contributed by atoms with van der Waals surface area (Å²) in [4.78, 5) is 49.5. The predicted molar refractivity (Wildman–Crippen MR) is 213 cm³/mol. The van der Waals surface area contributed by atoms with Gasteiger partial charge in [-0.25, -0.2) is 28.7 Å². The van der Waals surface area contributed by atoms with E-state index in [1.165, 1.54) is 17.3 Å². The lowest BCUT2D eigenvalue weighted by Crippen LogP contribution is -2.48. The van der Waals surface area contributed by atoms with Gasteiger partial charge >= 0.3 is 18.3 Å². The Bertz CT molecular complexity index is 1960. The normalized spacial score (nSPS) is 18.0. The molecule has 1 aliphatic heterocycles. The zero-order valence-corrected chi connectivity index (χ0v) is 35.4. The first-order valence-electron chi connectivity index (χ1n) is 18.7. The third kappa shape index (κ3) is 9.66. The lowest BCUT2D eigenvalue weighted by atomic mass is 9.79. The number of ether oxygens (including phenoxy) is 4. The van der Waals surface area contributed by atoms with Crippen LogP contribution in [0, 0.1) is 18.7 Å². The Kier molecular flexibility index (Phi) is 11.5. The second-order valence-electron chi connectivity index (χ2n) is 17.9. The summed E-state index contributed by atoms with van der Waals surface area (Å²) < 4.78 is 45.9. The molecule has 3 aromatic rings. The Morgan fingerprint density at radius 3 is 2.20 bits per heavy atom. The van der Waals surface area contributed by atoms with Crippen LogP contribution in [-0.2, 0) is 18.6 Å². The molecule has 300 valence electrons. The zero-order valence-electron chi connectivity index (χ0n) is 34.4. The minimum Gasteiger partial charge on any atom is -0.474 e. The highest BCUT2D eigenvalue weighted by Crippen LogP contribution is 2.44. The van der Waals surface area contributed by atoms with Crippen LogP contribution < -0.4 is 20.3 Å². The first-order chi connectivity index (χ1) is 25.3. The van der Waals surface area contributed by atoms with Crippen molar-refractivity contribution in [3.05, 3.63) is 35.9 Å². The number of nitrogens with one attached hydrogen (secondary N) is 2. The van der Waals surface area contributed by atoms with Crippen LogP contribution in [0.25, 0.3) is 21.9 Å². The molecule has 1 atom stereocenters. The number of rotatable bonds is 7. The number of anilines is 3. The van der Waals surface area contributed by atoms with Crippen LogP contribution in [0.5, 0.6) is 5.88 Å². The lowest BCUT2D eigenvalue weighted by Gasteiger charge is -2.44. The van der Waals surface area contributed by atoms with Crippen LogP contribution in [0.4, 0.5) is 36.0 Å². The van der Waals surface area contributed by atoms with E-state index in [0.717, 1.165) is 0 Å². The van der Waals surface area contributed by atoms with Crippen LogP contribution >= 0.6 is 0 Å². The van der Waals surface area contributed by atoms with Crippen LogP contribution in [0.15, 0.2) is 24.5 Å². The molecule has 1 fully saturated rings. The molecule has 1 aromatic carbocycles. The number of carbonyl (C=O) groups is 3. The average molecular weight is 782 g/mol. The maximum Gasteiger partial charge on any atom is 0.415 e. The van der Waals surface area contributed by atoms with E-state index in [0.29, 0.717) is 41.0 Å². The molecule has 5 rings (SSSR count). The lowest BCUT2D eigenvalue weighted by molar-refractivity contribution is -0.0220. The highest BCUT2D eigenvalue weighted by molar-refractivity contribution is 6.74. The Morgan fingerprint density at radius 2 is 1.58 bits per heavy atom. The molecule has 55 heavy (non-hydrogen) atoms. The topological polar surface area (TPSA) is 150 Å². The fourth-order valence-corrected chi connectivity index (χ4v) is 7.76. The highest BCUT2D eigenvalue weighted by atomic mass is 28.4. The van der Waals surface area contributed by atoms with Crippen molar-refractivity contribution in [1.29, 1.82) is 0 Å². The van der Waals surface area contributed by atoms with Crippen molar-refractivity contribution in [3.8, 4) is 17.0 Å². The molecule has 2 aromatic heterocycles. The van der Waals surface area contributed by atoms with E-state index in [9.17, 15) is 14.4 Å². The number of hydrogen-bond donors (Lipinski definition) is 2. The third-order valence-corrected chi connectivity index (χ3v) is 14.7. The molecule has 0 bridgehead atoms. The summed E-state index contributed by atoms with van der Waals surface area (Å²) in [5.74, 6) is -0.124. The Hall–Kier alpha value is -4.50. The molecule has 0 saturated heterocycles. The summed E-state index contributed by atoms with van der Waals surface area (Å²) in [5, 5.41) is 6.06. The number of amides is 3. The molecular formula is C40H56FN5O8Si. The highest BCUT2D eigenvalue weighted by Gasteiger charge is 2.43. The number of halogens is 1. The van der Waals surface area contributed by atoms with Crippen molar-refractivity contribution in [3.63, 3.8) is 0 Å². The predicted octanol–water partition coefficient (Wildman–Crippen LogP) is 9.96. The van der Waals surface area contributed by atoms with Gasteiger partial charge in [0.25, 0.3) is 0 Å². The first-order valence-corrected chi connectivity index (χ1v) is 21.7. The average Bonchev–Trinajstić information content (AvgIpc) is 3.01. The molecule has 0 spiro atoms. The number of aromatic nitrogens is 2. The van der Waals surface area contributed by atoms with E-state index < -0.39 is 43.6 Å². The zero-order chi connectivity index (χ0) is 40.8. The molecule has 3 heterocycles. The fraction of sp³-hybridized carbons (Fsp3) is 0.575. The summed E-state index contributed by atoms with van der Waals surface area (Å²) in [6, 6.07) is 3.14. The molecule has 2 aliphatic rings. The van der Waals surface area contributed by atoms with Gasteiger partial charge < -0.3 is 23.4 Å². The van der Waals surface area contributed by atoms with E-state index in [2.05, 4.69) is 61.4 Å². The Balaban J connectivity index is 1.44. The fourth-order valence-electron chi connectivity index (χ4n) is 6.28. The maximum absolute atomic E-state index is 16.7. The minimum atomic E-state index is -1.93. The SMILES string of the molecule is Cc1c(-c2cc3cc(NC(=O)OC4CC(C(C)O[Si](C)(C)C(C)(C)C)C4)ncc3c(NC(=O)OC(C)(C)C)c2F)cnc2c1N(C(=O)OC(C)(C)C)CCO2. The molecule has 0 radical (unpaired) electrons. The van der Waals surface area contributed by atoms with Crippen LogP contribution in [0.1, 0.15) is 87.6 Å². The van der Waals surface area contributed by atoms with Crippen LogP contribution in [-0.4, -0.2) is 73.1 Å².